The minimum absolute atomic E-state index is 0.112. The molecule has 0 aromatic heterocycles. The van der Waals surface area contributed by atoms with Gasteiger partial charge in [0, 0.05) is 0 Å². The van der Waals surface area contributed by atoms with Crippen LogP contribution in [0.1, 0.15) is 32.6 Å². The molecule has 0 aliphatic carbocycles. The molecule has 0 aromatic rings. The number of carbonyl (C=O) groups excluding carboxylic acids is 4. The van der Waals surface area contributed by atoms with Gasteiger partial charge in [0.2, 0.25) is 23.6 Å². The summed E-state index contributed by atoms with van der Waals surface area (Å²) in [6.07, 6.45) is -0.809. The number of primary amides is 1. The smallest absolute Gasteiger partial charge is 0.328 e. The summed E-state index contributed by atoms with van der Waals surface area (Å²) in [4.78, 5) is 59.0. The maximum absolute atomic E-state index is 12.7. The van der Waals surface area contributed by atoms with Crippen LogP contribution in [0.3, 0.4) is 0 Å². The number of rotatable bonds is 15. The highest BCUT2D eigenvalue weighted by atomic mass is 16.4. The molecule has 0 saturated heterocycles. The van der Waals surface area contributed by atoms with Crippen molar-refractivity contribution in [2.24, 2.45) is 17.2 Å². The van der Waals surface area contributed by atoms with Crippen molar-refractivity contribution in [2.75, 3.05) is 13.2 Å². The van der Waals surface area contributed by atoms with Gasteiger partial charge < -0.3 is 48.5 Å². The van der Waals surface area contributed by atoms with E-state index in [1.54, 1.807) is 0 Å². The summed E-state index contributed by atoms with van der Waals surface area (Å²) in [5.74, 6) is -5.05. The third-order valence-electron chi connectivity index (χ3n) is 4.20. The van der Waals surface area contributed by atoms with E-state index in [2.05, 4.69) is 10.6 Å². The van der Waals surface area contributed by atoms with Crippen LogP contribution in [0.2, 0.25) is 0 Å². The quantitative estimate of drug-likeness (QED) is 0.108. The third kappa shape index (κ3) is 10.7. The molecule has 4 amide bonds. The van der Waals surface area contributed by atoms with E-state index in [-0.39, 0.29) is 6.42 Å². The lowest BCUT2D eigenvalue weighted by Gasteiger charge is -2.26. The topological polar surface area (TPSA) is 260 Å². The Morgan fingerprint density at radius 3 is 1.97 bits per heavy atom. The summed E-state index contributed by atoms with van der Waals surface area (Å²) in [5, 5.41) is 34.4. The molecule has 14 heteroatoms. The Kier molecular flexibility index (Phi) is 12.9. The van der Waals surface area contributed by atoms with Gasteiger partial charge in [0.15, 0.2) is 0 Å². The molecule has 0 spiro atoms. The number of aliphatic hydroxyl groups excluding tert-OH is 2. The zero-order chi connectivity index (χ0) is 24.1. The van der Waals surface area contributed by atoms with Crippen LogP contribution in [0.25, 0.3) is 0 Å². The van der Waals surface area contributed by atoms with Crippen molar-refractivity contribution in [2.45, 2.75) is 62.9 Å². The van der Waals surface area contributed by atoms with E-state index in [0.29, 0.717) is 19.4 Å². The Morgan fingerprint density at radius 2 is 1.52 bits per heavy atom. The second kappa shape index (κ2) is 14.2. The van der Waals surface area contributed by atoms with Crippen LogP contribution < -0.4 is 33.2 Å². The van der Waals surface area contributed by atoms with Gasteiger partial charge in [0.05, 0.1) is 25.2 Å². The Labute approximate surface area is 178 Å². The molecule has 0 bridgehead atoms. The van der Waals surface area contributed by atoms with Gasteiger partial charge in [0.1, 0.15) is 18.1 Å². The maximum atomic E-state index is 12.7. The fourth-order valence-corrected chi connectivity index (χ4v) is 2.46. The fraction of sp³-hybridized carbons (Fsp3) is 0.706. The largest absolute Gasteiger partial charge is 0.480 e. The lowest BCUT2D eigenvalue weighted by atomic mass is 10.1. The van der Waals surface area contributed by atoms with Crippen LogP contribution in [-0.4, -0.2) is 88.3 Å². The highest BCUT2D eigenvalue weighted by molar-refractivity contribution is 5.95. The molecule has 0 aromatic carbocycles. The first-order valence-electron chi connectivity index (χ1n) is 9.61. The van der Waals surface area contributed by atoms with Gasteiger partial charge in [-0.25, -0.2) is 4.79 Å². The molecule has 31 heavy (non-hydrogen) atoms. The molecule has 0 fully saturated rings. The molecule has 12 N–H and O–H groups in total. The summed E-state index contributed by atoms with van der Waals surface area (Å²) < 4.78 is 0. The standard InChI is InChI=1S/C17H32N6O8/c1-8(25)13(16(29)22-11(7-24)17(30)31)23-15(28)10(4-2-3-5-18)21-14(27)9(19)6-12(20)26/h8-11,13,24-25H,2-7,18-19H2,1H3,(H2,20,26)(H,21,27)(H,22,29)(H,23,28)(H,30,31). The number of carboxylic acid groups (broad SMARTS) is 1. The monoisotopic (exact) mass is 448 g/mol. The molecule has 0 saturated carbocycles. The number of unbranched alkanes of at least 4 members (excludes halogenated alkanes) is 1. The van der Waals surface area contributed by atoms with Gasteiger partial charge in [-0.15, -0.1) is 0 Å². The molecule has 0 aliphatic rings. The number of nitrogens with two attached hydrogens (primary N) is 3. The molecule has 5 unspecified atom stereocenters. The van der Waals surface area contributed by atoms with Crippen LogP contribution in [0.5, 0.6) is 0 Å². The molecule has 0 aliphatic heterocycles. The van der Waals surface area contributed by atoms with Gasteiger partial charge in [-0.2, -0.15) is 0 Å². The first kappa shape index (κ1) is 28.2. The predicted octanol–water partition coefficient (Wildman–Crippen LogP) is -4.77. The van der Waals surface area contributed by atoms with Gasteiger partial charge in [-0.05, 0) is 32.7 Å². The number of carbonyl (C=O) groups is 5. The molecule has 5 atom stereocenters. The first-order chi connectivity index (χ1) is 14.4. The maximum Gasteiger partial charge on any atom is 0.328 e. The van der Waals surface area contributed by atoms with E-state index >= 15 is 0 Å². The van der Waals surface area contributed by atoms with Crippen molar-refractivity contribution in [1.82, 2.24) is 16.0 Å². The summed E-state index contributed by atoms with van der Waals surface area (Å²) in [6, 6.07) is -5.69. The van der Waals surface area contributed by atoms with Gasteiger partial charge in [-0.3, -0.25) is 19.2 Å². The van der Waals surface area contributed by atoms with E-state index in [1.165, 1.54) is 6.92 Å². The van der Waals surface area contributed by atoms with Crippen molar-refractivity contribution >= 4 is 29.6 Å². The Morgan fingerprint density at radius 1 is 0.935 bits per heavy atom. The van der Waals surface area contributed by atoms with Crippen LogP contribution in [-0.2, 0) is 24.0 Å². The van der Waals surface area contributed by atoms with Crippen LogP contribution in [0.4, 0.5) is 0 Å². The van der Waals surface area contributed by atoms with Crippen LogP contribution in [0, 0.1) is 0 Å². The first-order valence-corrected chi connectivity index (χ1v) is 9.61. The van der Waals surface area contributed by atoms with E-state index < -0.39 is 72.9 Å². The number of hydrogen-bond donors (Lipinski definition) is 9. The minimum atomic E-state index is -1.64. The zero-order valence-electron chi connectivity index (χ0n) is 17.2. The third-order valence-corrected chi connectivity index (χ3v) is 4.20. The molecule has 178 valence electrons. The average molecular weight is 448 g/mol. The van der Waals surface area contributed by atoms with E-state index in [0.717, 1.165) is 0 Å². The Hall–Kier alpha value is -2.81. The van der Waals surface area contributed by atoms with Gasteiger partial charge in [-0.1, -0.05) is 0 Å². The predicted molar refractivity (Wildman–Crippen MR) is 107 cm³/mol. The van der Waals surface area contributed by atoms with Gasteiger partial charge in [0.25, 0.3) is 0 Å². The highest BCUT2D eigenvalue weighted by Crippen LogP contribution is 2.04. The number of carboxylic acids is 1. The molecule has 0 heterocycles. The SMILES string of the molecule is CC(O)C(NC(=O)C(CCCCN)NC(=O)C(N)CC(N)=O)C(=O)NC(CO)C(=O)O. The molecular weight excluding hydrogens is 416 g/mol. The van der Waals surface area contributed by atoms with Crippen molar-refractivity contribution in [3.63, 3.8) is 0 Å². The van der Waals surface area contributed by atoms with Crippen molar-refractivity contribution in [3.8, 4) is 0 Å². The Balaban J connectivity index is 5.35. The Bertz CT molecular complexity index is 644. The second-order valence-electron chi connectivity index (χ2n) is 6.93. The second-order valence-corrected chi connectivity index (χ2v) is 6.93. The van der Waals surface area contributed by atoms with E-state index in [1.807, 2.05) is 5.32 Å². The van der Waals surface area contributed by atoms with Crippen molar-refractivity contribution in [1.29, 1.82) is 0 Å². The average Bonchev–Trinajstić information content (AvgIpc) is 2.67. The number of aliphatic hydroxyl groups is 2. The number of amides is 4. The fourth-order valence-electron chi connectivity index (χ4n) is 2.46. The van der Waals surface area contributed by atoms with E-state index in [4.69, 9.17) is 27.4 Å². The molecule has 0 rings (SSSR count). The number of hydrogen-bond acceptors (Lipinski definition) is 9. The summed E-state index contributed by atoms with van der Waals surface area (Å²) in [5.41, 5.74) is 16.0. The van der Waals surface area contributed by atoms with Crippen LogP contribution >= 0.6 is 0 Å². The zero-order valence-corrected chi connectivity index (χ0v) is 17.2. The lowest BCUT2D eigenvalue weighted by molar-refractivity contribution is -0.144. The lowest BCUT2D eigenvalue weighted by Crippen LogP contribution is -2.60. The molecular formula is C17H32N6O8. The normalized spacial score (nSPS) is 15.6. The van der Waals surface area contributed by atoms with E-state index in [9.17, 15) is 29.1 Å². The van der Waals surface area contributed by atoms with Crippen molar-refractivity contribution in [3.05, 3.63) is 0 Å². The summed E-state index contributed by atoms with van der Waals surface area (Å²) in [6.45, 7) is 0.612. The van der Waals surface area contributed by atoms with Gasteiger partial charge >= 0.3 is 5.97 Å². The number of aliphatic carboxylic acids is 1. The summed E-state index contributed by atoms with van der Waals surface area (Å²) >= 11 is 0. The minimum Gasteiger partial charge on any atom is -0.480 e. The van der Waals surface area contributed by atoms with Crippen LogP contribution in [0.15, 0.2) is 0 Å². The molecule has 0 radical (unpaired) electrons. The number of nitrogens with one attached hydrogen (secondary N) is 3. The van der Waals surface area contributed by atoms with Crippen molar-refractivity contribution < 1.29 is 39.3 Å². The summed E-state index contributed by atoms with van der Waals surface area (Å²) in [7, 11) is 0. The highest BCUT2D eigenvalue weighted by Gasteiger charge is 2.32. The molecule has 14 nitrogen and oxygen atoms in total.